The minimum absolute atomic E-state index is 0.190. The van der Waals surface area contributed by atoms with E-state index in [1.807, 2.05) is 11.8 Å². The summed E-state index contributed by atoms with van der Waals surface area (Å²) in [6.45, 7) is 5.03. The number of amides is 1. The fraction of sp³-hybridized carbons (Fsp3) is 0.533. The fourth-order valence-electron chi connectivity index (χ4n) is 1.86. The molecule has 0 fully saturated rings. The summed E-state index contributed by atoms with van der Waals surface area (Å²) in [5.41, 5.74) is 8.00. The molecule has 1 atom stereocenters. The third kappa shape index (κ3) is 6.64. The molecule has 19 heavy (non-hydrogen) atoms. The Morgan fingerprint density at radius 1 is 1.47 bits per heavy atom. The summed E-state index contributed by atoms with van der Waals surface area (Å²) in [6.07, 6.45) is 1.81. The average molecular weight is 280 g/mol. The quantitative estimate of drug-likeness (QED) is 0.683. The van der Waals surface area contributed by atoms with E-state index in [4.69, 9.17) is 5.73 Å². The molecule has 4 heteroatoms. The molecule has 1 unspecified atom stereocenters. The number of benzene rings is 1. The van der Waals surface area contributed by atoms with Gasteiger partial charge in [-0.2, -0.15) is 11.8 Å². The zero-order valence-electron chi connectivity index (χ0n) is 11.8. The summed E-state index contributed by atoms with van der Waals surface area (Å²) >= 11 is 1.85. The van der Waals surface area contributed by atoms with Gasteiger partial charge in [0.05, 0.1) is 6.04 Å². The standard InChI is InChI=1S/C15H24N2OS/c1-3-8-17-14(15(16)18)7-9-19-11-13-6-4-5-12(2)10-13/h4-6,10,14,17H,3,7-9,11H2,1-2H3,(H2,16,18). The number of nitrogens with two attached hydrogens (primary N) is 1. The Morgan fingerprint density at radius 2 is 2.26 bits per heavy atom. The second-order valence-corrected chi connectivity index (χ2v) is 5.84. The van der Waals surface area contributed by atoms with E-state index in [0.29, 0.717) is 0 Å². The van der Waals surface area contributed by atoms with Crippen molar-refractivity contribution < 1.29 is 4.79 Å². The summed E-state index contributed by atoms with van der Waals surface area (Å²) in [6, 6.07) is 8.34. The Bertz CT molecular complexity index is 395. The van der Waals surface area contributed by atoms with Crippen molar-refractivity contribution in [2.24, 2.45) is 5.73 Å². The highest BCUT2D eigenvalue weighted by Gasteiger charge is 2.13. The van der Waals surface area contributed by atoms with E-state index < -0.39 is 0 Å². The Morgan fingerprint density at radius 3 is 2.89 bits per heavy atom. The van der Waals surface area contributed by atoms with Crippen LogP contribution in [-0.2, 0) is 10.5 Å². The first-order chi connectivity index (χ1) is 9.13. The Labute approximate surface area is 120 Å². The lowest BCUT2D eigenvalue weighted by Gasteiger charge is -2.14. The molecule has 1 aromatic carbocycles. The van der Waals surface area contributed by atoms with Crippen molar-refractivity contribution in [2.45, 2.75) is 38.5 Å². The molecule has 1 aromatic rings. The molecule has 3 N–H and O–H groups in total. The van der Waals surface area contributed by atoms with Gasteiger partial charge in [0.25, 0.3) is 0 Å². The zero-order valence-corrected chi connectivity index (χ0v) is 12.6. The number of hydrogen-bond acceptors (Lipinski definition) is 3. The molecule has 0 aliphatic rings. The molecule has 0 aliphatic carbocycles. The van der Waals surface area contributed by atoms with Crippen molar-refractivity contribution in [2.75, 3.05) is 12.3 Å². The van der Waals surface area contributed by atoms with E-state index in [-0.39, 0.29) is 11.9 Å². The molecule has 0 aromatic heterocycles. The number of carbonyl (C=O) groups excluding carboxylic acids is 1. The van der Waals surface area contributed by atoms with E-state index in [9.17, 15) is 4.79 Å². The van der Waals surface area contributed by atoms with Crippen molar-refractivity contribution in [3.63, 3.8) is 0 Å². The lowest BCUT2D eigenvalue weighted by Crippen LogP contribution is -2.41. The zero-order chi connectivity index (χ0) is 14.1. The second-order valence-electron chi connectivity index (χ2n) is 4.74. The maximum atomic E-state index is 11.3. The SMILES string of the molecule is CCCNC(CCSCc1cccc(C)c1)C(N)=O. The van der Waals surface area contributed by atoms with E-state index >= 15 is 0 Å². The Balaban J connectivity index is 2.26. The summed E-state index contributed by atoms with van der Waals surface area (Å²) in [4.78, 5) is 11.3. The maximum Gasteiger partial charge on any atom is 0.234 e. The van der Waals surface area contributed by atoms with Crippen LogP contribution in [0.25, 0.3) is 0 Å². The van der Waals surface area contributed by atoms with Gasteiger partial charge in [-0.1, -0.05) is 36.8 Å². The van der Waals surface area contributed by atoms with Gasteiger partial charge >= 0.3 is 0 Å². The van der Waals surface area contributed by atoms with E-state index in [1.54, 1.807) is 0 Å². The average Bonchev–Trinajstić information content (AvgIpc) is 2.37. The maximum absolute atomic E-state index is 11.3. The van der Waals surface area contributed by atoms with Crippen LogP contribution in [0.1, 0.15) is 30.9 Å². The molecule has 0 aliphatic heterocycles. The highest BCUT2D eigenvalue weighted by atomic mass is 32.2. The number of primary amides is 1. The second kappa shape index (κ2) is 8.99. The fourth-order valence-corrected chi connectivity index (χ4v) is 2.82. The smallest absolute Gasteiger partial charge is 0.234 e. The Kier molecular flexibility index (Phi) is 7.60. The van der Waals surface area contributed by atoms with Crippen LogP contribution in [0.4, 0.5) is 0 Å². The highest BCUT2D eigenvalue weighted by molar-refractivity contribution is 7.98. The predicted molar refractivity (Wildman–Crippen MR) is 83.2 cm³/mol. The Hall–Kier alpha value is -1.00. The summed E-state index contributed by atoms with van der Waals surface area (Å²) < 4.78 is 0. The van der Waals surface area contributed by atoms with Crippen molar-refractivity contribution in [1.82, 2.24) is 5.32 Å². The largest absolute Gasteiger partial charge is 0.368 e. The van der Waals surface area contributed by atoms with Gasteiger partial charge in [-0.05, 0) is 37.6 Å². The van der Waals surface area contributed by atoms with Crippen LogP contribution in [0.15, 0.2) is 24.3 Å². The topological polar surface area (TPSA) is 55.1 Å². The molecule has 0 heterocycles. The molecular weight excluding hydrogens is 256 g/mol. The molecular formula is C15H24N2OS. The van der Waals surface area contributed by atoms with Crippen LogP contribution in [-0.4, -0.2) is 24.2 Å². The van der Waals surface area contributed by atoms with E-state index in [1.165, 1.54) is 11.1 Å². The van der Waals surface area contributed by atoms with Crippen molar-refractivity contribution in [3.8, 4) is 0 Å². The lowest BCUT2D eigenvalue weighted by atomic mass is 10.2. The van der Waals surface area contributed by atoms with Gasteiger partial charge in [0, 0.05) is 5.75 Å². The molecule has 1 rings (SSSR count). The van der Waals surface area contributed by atoms with Crippen LogP contribution in [0.2, 0.25) is 0 Å². The van der Waals surface area contributed by atoms with E-state index in [0.717, 1.165) is 30.9 Å². The van der Waals surface area contributed by atoms with Gasteiger partial charge in [-0.15, -0.1) is 0 Å². The monoisotopic (exact) mass is 280 g/mol. The number of carbonyl (C=O) groups is 1. The molecule has 0 bridgehead atoms. The van der Waals surface area contributed by atoms with Crippen LogP contribution >= 0.6 is 11.8 Å². The summed E-state index contributed by atoms with van der Waals surface area (Å²) in [5.74, 6) is 1.68. The molecule has 0 radical (unpaired) electrons. The summed E-state index contributed by atoms with van der Waals surface area (Å²) in [5, 5.41) is 3.19. The third-order valence-electron chi connectivity index (χ3n) is 2.89. The number of rotatable bonds is 9. The van der Waals surface area contributed by atoms with Crippen LogP contribution in [0.3, 0.4) is 0 Å². The van der Waals surface area contributed by atoms with Crippen molar-refractivity contribution in [1.29, 1.82) is 0 Å². The molecule has 0 saturated carbocycles. The summed E-state index contributed by atoms with van der Waals surface area (Å²) in [7, 11) is 0. The van der Waals surface area contributed by atoms with Crippen LogP contribution in [0.5, 0.6) is 0 Å². The first-order valence-corrected chi connectivity index (χ1v) is 7.95. The van der Waals surface area contributed by atoms with Crippen molar-refractivity contribution >= 4 is 17.7 Å². The first kappa shape index (κ1) is 16.1. The number of hydrogen-bond donors (Lipinski definition) is 2. The normalized spacial score (nSPS) is 12.3. The molecule has 0 saturated heterocycles. The number of aryl methyl sites for hydroxylation is 1. The van der Waals surface area contributed by atoms with Gasteiger partial charge in [0.2, 0.25) is 5.91 Å². The minimum atomic E-state index is -0.246. The molecule has 3 nitrogen and oxygen atoms in total. The van der Waals surface area contributed by atoms with Crippen LogP contribution < -0.4 is 11.1 Å². The minimum Gasteiger partial charge on any atom is -0.368 e. The number of thioether (sulfide) groups is 1. The lowest BCUT2D eigenvalue weighted by molar-refractivity contribution is -0.120. The third-order valence-corrected chi connectivity index (χ3v) is 3.95. The van der Waals surface area contributed by atoms with Gasteiger partial charge in [0.1, 0.15) is 0 Å². The van der Waals surface area contributed by atoms with Crippen molar-refractivity contribution in [3.05, 3.63) is 35.4 Å². The first-order valence-electron chi connectivity index (χ1n) is 6.79. The van der Waals surface area contributed by atoms with Gasteiger partial charge in [-0.25, -0.2) is 0 Å². The molecule has 0 spiro atoms. The predicted octanol–water partition coefficient (Wildman–Crippen LogP) is 2.47. The molecule has 106 valence electrons. The van der Waals surface area contributed by atoms with Gasteiger partial charge < -0.3 is 11.1 Å². The highest BCUT2D eigenvalue weighted by Crippen LogP contribution is 2.15. The van der Waals surface area contributed by atoms with Gasteiger partial charge in [0.15, 0.2) is 0 Å². The van der Waals surface area contributed by atoms with E-state index in [2.05, 4.69) is 43.4 Å². The number of nitrogens with one attached hydrogen (secondary N) is 1. The van der Waals surface area contributed by atoms with Gasteiger partial charge in [-0.3, -0.25) is 4.79 Å². The van der Waals surface area contributed by atoms with Crippen LogP contribution in [0, 0.1) is 6.92 Å². The molecule has 1 amide bonds.